The Bertz CT molecular complexity index is 635. The molecule has 0 spiro atoms. The van der Waals surface area contributed by atoms with Gasteiger partial charge < -0.3 is 10.2 Å². The van der Waals surface area contributed by atoms with Gasteiger partial charge in [-0.2, -0.15) is 0 Å². The SMILES string of the molecule is Cc1ccc(NC(=S)N(Cc2ccccc2)C(C)C)c(C)c1. The summed E-state index contributed by atoms with van der Waals surface area (Å²) < 4.78 is 0. The van der Waals surface area contributed by atoms with E-state index < -0.39 is 0 Å². The molecule has 0 saturated carbocycles. The molecule has 22 heavy (non-hydrogen) atoms. The molecule has 0 heterocycles. The summed E-state index contributed by atoms with van der Waals surface area (Å²) in [6, 6.07) is 17.1. The van der Waals surface area contributed by atoms with Gasteiger partial charge in [-0.05, 0) is 57.1 Å². The standard InChI is InChI=1S/C19H24N2S/c1-14(2)21(13-17-8-6-5-7-9-17)19(22)20-18-11-10-15(3)12-16(18)4/h5-12,14H,13H2,1-4H3,(H,20,22). The maximum atomic E-state index is 5.64. The predicted octanol–water partition coefficient (Wildman–Crippen LogP) is 4.91. The normalized spacial score (nSPS) is 10.6. The Morgan fingerprint density at radius 2 is 1.77 bits per heavy atom. The van der Waals surface area contributed by atoms with Crippen LogP contribution in [-0.4, -0.2) is 16.1 Å². The van der Waals surface area contributed by atoms with Gasteiger partial charge in [0, 0.05) is 18.3 Å². The van der Waals surface area contributed by atoms with Crippen LogP contribution < -0.4 is 5.32 Å². The Balaban J connectivity index is 2.13. The van der Waals surface area contributed by atoms with Crippen molar-refractivity contribution in [3.05, 3.63) is 65.2 Å². The van der Waals surface area contributed by atoms with Crippen LogP contribution in [0.1, 0.15) is 30.5 Å². The molecule has 0 aliphatic heterocycles. The third-order valence-corrected chi connectivity index (χ3v) is 4.04. The fourth-order valence-electron chi connectivity index (χ4n) is 2.41. The Labute approximate surface area is 139 Å². The molecule has 116 valence electrons. The molecule has 2 nitrogen and oxygen atoms in total. The van der Waals surface area contributed by atoms with E-state index in [9.17, 15) is 0 Å². The first-order valence-electron chi connectivity index (χ1n) is 7.66. The molecule has 0 bridgehead atoms. The zero-order valence-electron chi connectivity index (χ0n) is 13.8. The van der Waals surface area contributed by atoms with Gasteiger partial charge in [0.1, 0.15) is 0 Å². The predicted molar refractivity (Wildman–Crippen MR) is 99.3 cm³/mol. The monoisotopic (exact) mass is 312 g/mol. The fourth-order valence-corrected chi connectivity index (χ4v) is 2.80. The fraction of sp³-hybridized carbons (Fsp3) is 0.316. The molecule has 0 aromatic heterocycles. The lowest BCUT2D eigenvalue weighted by molar-refractivity contribution is 0.348. The van der Waals surface area contributed by atoms with Crippen LogP contribution in [-0.2, 0) is 6.54 Å². The largest absolute Gasteiger partial charge is 0.342 e. The number of thiocarbonyl (C=S) groups is 1. The van der Waals surface area contributed by atoms with Gasteiger partial charge in [0.15, 0.2) is 5.11 Å². The molecule has 0 atom stereocenters. The van der Waals surface area contributed by atoms with E-state index in [4.69, 9.17) is 12.2 Å². The van der Waals surface area contributed by atoms with Crippen molar-refractivity contribution in [2.45, 2.75) is 40.3 Å². The van der Waals surface area contributed by atoms with Crippen LogP contribution in [0.2, 0.25) is 0 Å². The van der Waals surface area contributed by atoms with Crippen LogP contribution in [0.5, 0.6) is 0 Å². The van der Waals surface area contributed by atoms with Crippen LogP contribution >= 0.6 is 12.2 Å². The third-order valence-electron chi connectivity index (χ3n) is 3.70. The Morgan fingerprint density at radius 1 is 1.09 bits per heavy atom. The molecule has 0 saturated heterocycles. The van der Waals surface area contributed by atoms with Crippen LogP contribution in [0.3, 0.4) is 0 Å². The molecule has 2 aromatic rings. The Morgan fingerprint density at radius 3 is 2.36 bits per heavy atom. The van der Waals surface area contributed by atoms with Gasteiger partial charge in [-0.3, -0.25) is 0 Å². The van der Waals surface area contributed by atoms with Crippen molar-refractivity contribution in [2.24, 2.45) is 0 Å². The lowest BCUT2D eigenvalue weighted by Crippen LogP contribution is -2.39. The lowest BCUT2D eigenvalue weighted by Gasteiger charge is -2.30. The van der Waals surface area contributed by atoms with E-state index >= 15 is 0 Å². The van der Waals surface area contributed by atoms with E-state index in [0.29, 0.717) is 6.04 Å². The number of nitrogens with zero attached hydrogens (tertiary/aromatic N) is 1. The Kier molecular flexibility index (Phi) is 5.56. The molecule has 0 aliphatic rings. The molecular weight excluding hydrogens is 288 g/mol. The number of benzene rings is 2. The molecule has 2 rings (SSSR count). The van der Waals surface area contributed by atoms with Crippen LogP contribution in [0.4, 0.5) is 5.69 Å². The zero-order chi connectivity index (χ0) is 16.1. The average molecular weight is 312 g/mol. The minimum absolute atomic E-state index is 0.339. The van der Waals surface area contributed by atoms with E-state index in [1.54, 1.807) is 0 Å². The zero-order valence-corrected chi connectivity index (χ0v) is 14.6. The van der Waals surface area contributed by atoms with Crippen molar-refractivity contribution in [2.75, 3.05) is 5.32 Å². The van der Waals surface area contributed by atoms with E-state index in [0.717, 1.165) is 17.3 Å². The first kappa shape index (κ1) is 16.5. The second kappa shape index (κ2) is 7.41. The maximum absolute atomic E-state index is 5.64. The van der Waals surface area contributed by atoms with Crippen molar-refractivity contribution in [3.63, 3.8) is 0 Å². The molecule has 0 fully saturated rings. The minimum atomic E-state index is 0.339. The summed E-state index contributed by atoms with van der Waals surface area (Å²) in [5, 5.41) is 4.17. The van der Waals surface area contributed by atoms with Gasteiger partial charge in [0.25, 0.3) is 0 Å². The van der Waals surface area contributed by atoms with Gasteiger partial charge in [-0.15, -0.1) is 0 Å². The molecule has 0 amide bonds. The highest BCUT2D eigenvalue weighted by Crippen LogP contribution is 2.18. The molecule has 0 radical (unpaired) electrons. The second-order valence-corrected chi connectivity index (χ2v) is 6.34. The van der Waals surface area contributed by atoms with Crippen molar-refractivity contribution in [3.8, 4) is 0 Å². The van der Waals surface area contributed by atoms with Gasteiger partial charge in [0.2, 0.25) is 0 Å². The summed E-state index contributed by atoms with van der Waals surface area (Å²) in [6.07, 6.45) is 0. The van der Waals surface area contributed by atoms with E-state index in [1.165, 1.54) is 16.7 Å². The van der Waals surface area contributed by atoms with Crippen LogP contribution in [0, 0.1) is 13.8 Å². The van der Waals surface area contributed by atoms with Crippen molar-refractivity contribution < 1.29 is 0 Å². The number of nitrogens with one attached hydrogen (secondary N) is 1. The van der Waals surface area contributed by atoms with Gasteiger partial charge >= 0.3 is 0 Å². The van der Waals surface area contributed by atoms with Gasteiger partial charge in [0.05, 0.1) is 0 Å². The number of hydrogen-bond acceptors (Lipinski definition) is 1. The van der Waals surface area contributed by atoms with E-state index in [-0.39, 0.29) is 0 Å². The first-order valence-corrected chi connectivity index (χ1v) is 8.07. The topological polar surface area (TPSA) is 15.3 Å². The lowest BCUT2D eigenvalue weighted by atomic mass is 10.1. The minimum Gasteiger partial charge on any atom is -0.342 e. The van der Waals surface area contributed by atoms with Crippen LogP contribution in [0.25, 0.3) is 0 Å². The highest BCUT2D eigenvalue weighted by molar-refractivity contribution is 7.80. The van der Waals surface area contributed by atoms with E-state index in [1.807, 2.05) is 6.07 Å². The van der Waals surface area contributed by atoms with Gasteiger partial charge in [-0.25, -0.2) is 0 Å². The summed E-state index contributed by atoms with van der Waals surface area (Å²) in [5.41, 5.74) is 4.82. The van der Waals surface area contributed by atoms with Crippen molar-refractivity contribution in [1.29, 1.82) is 0 Å². The second-order valence-electron chi connectivity index (χ2n) is 5.96. The van der Waals surface area contributed by atoms with Crippen molar-refractivity contribution >= 4 is 23.0 Å². The average Bonchev–Trinajstić information content (AvgIpc) is 2.48. The van der Waals surface area contributed by atoms with E-state index in [2.05, 4.69) is 80.4 Å². The van der Waals surface area contributed by atoms with Crippen molar-refractivity contribution in [1.82, 2.24) is 4.90 Å². The maximum Gasteiger partial charge on any atom is 0.173 e. The molecule has 3 heteroatoms. The number of hydrogen-bond donors (Lipinski definition) is 1. The number of anilines is 1. The molecule has 0 aliphatic carbocycles. The summed E-state index contributed by atoms with van der Waals surface area (Å²) in [6.45, 7) is 9.35. The third kappa shape index (κ3) is 4.31. The quantitative estimate of drug-likeness (QED) is 0.807. The molecule has 1 N–H and O–H groups in total. The smallest absolute Gasteiger partial charge is 0.173 e. The van der Waals surface area contributed by atoms with Gasteiger partial charge in [-0.1, -0.05) is 48.0 Å². The summed E-state index contributed by atoms with van der Waals surface area (Å²) in [4.78, 5) is 2.21. The number of rotatable bonds is 4. The molecular formula is C19H24N2S. The molecule has 0 unspecified atom stereocenters. The number of aryl methyl sites for hydroxylation is 2. The first-order chi connectivity index (χ1) is 10.5. The highest BCUT2D eigenvalue weighted by Gasteiger charge is 2.14. The Hall–Kier alpha value is -1.87. The summed E-state index contributed by atoms with van der Waals surface area (Å²) >= 11 is 5.64. The highest BCUT2D eigenvalue weighted by atomic mass is 32.1. The summed E-state index contributed by atoms with van der Waals surface area (Å²) in [5.74, 6) is 0. The summed E-state index contributed by atoms with van der Waals surface area (Å²) in [7, 11) is 0. The van der Waals surface area contributed by atoms with Crippen LogP contribution in [0.15, 0.2) is 48.5 Å². The molecule has 2 aromatic carbocycles.